The molecule has 0 amide bonds. The highest BCUT2D eigenvalue weighted by Crippen LogP contribution is 2.34. The van der Waals surface area contributed by atoms with E-state index in [2.05, 4.69) is 4.98 Å². The van der Waals surface area contributed by atoms with Gasteiger partial charge in [0.25, 0.3) is 5.56 Å². The number of pyridine rings is 2. The molecule has 4 aromatic rings. The van der Waals surface area contributed by atoms with Crippen molar-refractivity contribution in [3.63, 3.8) is 0 Å². The average molecular weight is 560 g/mol. The van der Waals surface area contributed by atoms with E-state index in [-0.39, 0.29) is 17.8 Å². The Morgan fingerprint density at radius 3 is 2.12 bits per heavy atom. The van der Waals surface area contributed by atoms with Crippen molar-refractivity contribution in [3.8, 4) is 6.07 Å². The SMILES string of the molecule is CC.COC(=O)C1CN(c2cc(=O)n(C)c3ccc(C#N)nc23)CCN1C(c1ccc(F)cc1)c1ccc(F)cc1. The lowest BCUT2D eigenvalue weighted by atomic mass is 9.94. The van der Waals surface area contributed by atoms with Crippen molar-refractivity contribution < 1.29 is 18.3 Å². The van der Waals surface area contributed by atoms with Crippen LogP contribution in [0, 0.1) is 23.0 Å². The molecular weight excluding hydrogens is 528 g/mol. The first kappa shape index (κ1) is 29.4. The fraction of sp³-hybridized carbons (Fsp3) is 0.290. The number of halogens is 2. The van der Waals surface area contributed by atoms with Crippen LogP contribution in [0.25, 0.3) is 11.0 Å². The lowest BCUT2D eigenvalue weighted by Gasteiger charge is -2.45. The lowest BCUT2D eigenvalue weighted by molar-refractivity contribution is -0.148. The van der Waals surface area contributed by atoms with E-state index in [4.69, 9.17) is 4.74 Å². The Kier molecular flexibility index (Phi) is 9.10. The van der Waals surface area contributed by atoms with Crippen LogP contribution < -0.4 is 10.5 Å². The first-order valence-corrected chi connectivity index (χ1v) is 13.3. The molecule has 3 heterocycles. The number of hydrogen-bond donors (Lipinski definition) is 0. The molecule has 10 heteroatoms. The van der Waals surface area contributed by atoms with Crippen molar-refractivity contribution in [2.75, 3.05) is 31.6 Å². The number of benzene rings is 2. The van der Waals surface area contributed by atoms with E-state index < -0.39 is 29.7 Å². The van der Waals surface area contributed by atoms with E-state index in [1.54, 1.807) is 43.4 Å². The van der Waals surface area contributed by atoms with E-state index in [9.17, 15) is 23.6 Å². The highest BCUT2D eigenvalue weighted by Gasteiger charge is 2.39. The van der Waals surface area contributed by atoms with Crippen LogP contribution in [0.15, 0.2) is 71.5 Å². The third-order valence-electron chi connectivity index (χ3n) is 7.12. The molecule has 1 atom stereocenters. The molecule has 41 heavy (non-hydrogen) atoms. The summed E-state index contributed by atoms with van der Waals surface area (Å²) in [4.78, 5) is 34.3. The van der Waals surface area contributed by atoms with Crippen molar-refractivity contribution in [1.29, 1.82) is 5.26 Å². The quantitative estimate of drug-likeness (QED) is 0.331. The molecule has 8 nitrogen and oxygen atoms in total. The van der Waals surface area contributed by atoms with Gasteiger partial charge in [0, 0.05) is 32.7 Å². The molecule has 5 rings (SSSR count). The molecule has 0 N–H and O–H groups in total. The van der Waals surface area contributed by atoms with Crippen LogP contribution in [0.5, 0.6) is 0 Å². The van der Waals surface area contributed by atoms with Gasteiger partial charge in [0.15, 0.2) is 0 Å². The zero-order valence-electron chi connectivity index (χ0n) is 23.3. The minimum Gasteiger partial charge on any atom is -0.468 e. The summed E-state index contributed by atoms with van der Waals surface area (Å²) in [6.45, 7) is 4.92. The third-order valence-corrected chi connectivity index (χ3v) is 7.12. The smallest absolute Gasteiger partial charge is 0.324 e. The Balaban J connectivity index is 0.00000189. The number of fused-ring (bicyclic) bond motifs is 1. The topological polar surface area (TPSA) is 91.5 Å². The number of hydrogen-bond acceptors (Lipinski definition) is 7. The van der Waals surface area contributed by atoms with Gasteiger partial charge in [-0.2, -0.15) is 5.26 Å². The maximum absolute atomic E-state index is 13.8. The van der Waals surface area contributed by atoms with Gasteiger partial charge >= 0.3 is 5.97 Å². The van der Waals surface area contributed by atoms with E-state index in [0.29, 0.717) is 29.8 Å². The molecule has 1 aliphatic heterocycles. The van der Waals surface area contributed by atoms with Crippen LogP contribution in [0.2, 0.25) is 0 Å². The summed E-state index contributed by atoms with van der Waals surface area (Å²) in [5.74, 6) is -1.28. The molecule has 0 aliphatic carbocycles. The Morgan fingerprint density at radius 1 is 1.00 bits per heavy atom. The van der Waals surface area contributed by atoms with Gasteiger partial charge in [-0.15, -0.1) is 0 Å². The second-order valence-electron chi connectivity index (χ2n) is 9.33. The summed E-state index contributed by atoms with van der Waals surface area (Å²) in [5.41, 5.74) is 2.95. The number of esters is 1. The normalized spacial score (nSPS) is 15.3. The largest absolute Gasteiger partial charge is 0.468 e. The summed E-state index contributed by atoms with van der Waals surface area (Å²) >= 11 is 0. The van der Waals surface area contributed by atoms with Gasteiger partial charge in [-0.25, -0.2) is 13.8 Å². The second-order valence-corrected chi connectivity index (χ2v) is 9.33. The second kappa shape index (κ2) is 12.7. The molecule has 0 saturated carbocycles. The van der Waals surface area contributed by atoms with Crippen LogP contribution in [0.3, 0.4) is 0 Å². The first-order chi connectivity index (χ1) is 19.8. The predicted molar refractivity (Wildman–Crippen MR) is 152 cm³/mol. The van der Waals surface area contributed by atoms with E-state index >= 15 is 0 Å². The number of piperazine rings is 1. The summed E-state index contributed by atoms with van der Waals surface area (Å²) < 4.78 is 34.2. The molecule has 0 radical (unpaired) electrons. The number of nitriles is 1. The van der Waals surface area contributed by atoms with E-state index in [1.807, 2.05) is 29.7 Å². The molecule has 0 spiro atoms. The van der Waals surface area contributed by atoms with Gasteiger partial charge in [0.05, 0.1) is 24.4 Å². The maximum atomic E-state index is 13.8. The van der Waals surface area contributed by atoms with Gasteiger partial charge in [0.1, 0.15) is 35.0 Å². The van der Waals surface area contributed by atoms with Crippen LogP contribution >= 0.6 is 0 Å². The van der Waals surface area contributed by atoms with Gasteiger partial charge in [-0.05, 0) is 47.5 Å². The van der Waals surface area contributed by atoms with Crippen LogP contribution in [0.1, 0.15) is 36.7 Å². The molecule has 1 aliphatic rings. The highest BCUT2D eigenvalue weighted by atomic mass is 19.1. The molecule has 1 fully saturated rings. The molecule has 212 valence electrons. The van der Waals surface area contributed by atoms with Gasteiger partial charge in [-0.3, -0.25) is 14.5 Å². The average Bonchev–Trinajstić information content (AvgIpc) is 3.01. The number of aryl methyl sites for hydroxylation is 1. The third kappa shape index (κ3) is 5.95. The molecule has 2 aromatic heterocycles. The Labute approximate surface area is 237 Å². The molecular formula is C31H31F2N5O3. The monoisotopic (exact) mass is 559 g/mol. The number of anilines is 1. The number of nitrogens with zero attached hydrogens (tertiary/aromatic N) is 5. The number of aromatic nitrogens is 2. The Bertz CT molecular complexity index is 1590. The fourth-order valence-corrected chi connectivity index (χ4v) is 5.15. The highest BCUT2D eigenvalue weighted by molar-refractivity contribution is 5.89. The molecule has 0 bridgehead atoms. The maximum Gasteiger partial charge on any atom is 0.324 e. The summed E-state index contributed by atoms with van der Waals surface area (Å²) in [5, 5.41) is 9.41. The Morgan fingerprint density at radius 2 is 1.59 bits per heavy atom. The van der Waals surface area contributed by atoms with Gasteiger partial charge in [0.2, 0.25) is 0 Å². The minimum absolute atomic E-state index is 0.159. The lowest BCUT2D eigenvalue weighted by Crippen LogP contribution is -2.58. The molecule has 1 unspecified atom stereocenters. The zero-order chi connectivity index (χ0) is 29.7. The predicted octanol–water partition coefficient (Wildman–Crippen LogP) is 4.56. The van der Waals surface area contributed by atoms with Crippen molar-refractivity contribution in [3.05, 3.63) is 106 Å². The van der Waals surface area contributed by atoms with Crippen molar-refractivity contribution in [2.24, 2.45) is 7.05 Å². The molecule has 2 aromatic carbocycles. The number of carbonyl (C=O) groups excluding carboxylic acids is 1. The van der Waals surface area contributed by atoms with Crippen molar-refractivity contribution >= 4 is 22.7 Å². The van der Waals surface area contributed by atoms with Gasteiger partial charge < -0.3 is 14.2 Å². The van der Waals surface area contributed by atoms with Crippen molar-refractivity contribution in [2.45, 2.75) is 25.9 Å². The molecule has 1 saturated heterocycles. The van der Waals surface area contributed by atoms with Crippen LogP contribution in [0.4, 0.5) is 14.5 Å². The summed E-state index contributed by atoms with van der Waals surface area (Å²) in [7, 11) is 2.94. The van der Waals surface area contributed by atoms with Crippen LogP contribution in [-0.2, 0) is 16.6 Å². The van der Waals surface area contributed by atoms with Crippen LogP contribution in [-0.4, -0.2) is 53.2 Å². The fourth-order valence-electron chi connectivity index (χ4n) is 5.15. The Hall–Kier alpha value is -4.62. The number of ether oxygens (including phenoxy) is 1. The van der Waals surface area contributed by atoms with E-state index in [0.717, 1.165) is 11.1 Å². The summed E-state index contributed by atoms with van der Waals surface area (Å²) in [6.07, 6.45) is 0. The van der Waals surface area contributed by atoms with Gasteiger partial charge in [-0.1, -0.05) is 38.1 Å². The zero-order valence-corrected chi connectivity index (χ0v) is 23.3. The standard InChI is InChI=1S/C29H25F2N5O3.C2H6/c1-34-23-12-11-22(16-32)33-27(23)24(15-26(34)37)35-13-14-36(25(17-35)29(38)39-2)28(18-3-7-20(30)8-4-18)19-5-9-21(31)10-6-19;1-2/h3-12,15,25,28H,13-14,17H2,1-2H3;1-2H3. The first-order valence-electron chi connectivity index (χ1n) is 13.3. The minimum atomic E-state index is -0.790. The number of rotatable bonds is 5. The van der Waals surface area contributed by atoms with Crippen molar-refractivity contribution in [1.82, 2.24) is 14.5 Å². The summed E-state index contributed by atoms with van der Waals surface area (Å²) in [6, 6.07) is 17.4. The number of carbonyl (C=O) groups is 1. The number of methoxy groups -OCH3 is 1. The van der Waals surface area contributed by atoms with E-state index in [1.165, 1.54) is 42.0 Å².